The third-order valence-corrected chi connectivity index (χ3v) is 7.08. The molecule has 1 heterocycles. The van der Waals surface area contributed by atoms with Crippen molar-refractivity contribution in [1.82, 2.24) is 4.31 Å². The average Bonchev–Trinajstić information content (AvgIpc) is 2.64. The van der Waals surface area contributed by atoms with Crippen LogP contribution in [-0.2, 0) is 10.0 Å². The summed E-state index contributed by atoms with van der Waals surface area (Å²) in [6, 6.07) is 11.2. The summed E-state index contributed by atoms with van der Waals surface area (Å²) in [6.07, 6.45) is 0. The monoisotopic (exact) mass is 408 g/mol. The number of anilines is 1. The number of nitrogens with zero attached hydrogens (tertiary/aromatic N) is 2. The second kappa shape index (κ2) is 8.09. The lowest BCUT2D eigenvalue weighted by Gasteiger charge is -2.35. The van der Waals surface area contributed by atoms with Gasteiger partial charge in [0.1, 0.15) is 5.75 Å². The van der Waals surface area contributed by atoms with Gasteiger partial charge in [-0.2, -0.15) is 4.31 Å². The number of aryl methyl sites for hydroxylation is 2. The molecule has 146 valence electrons. The fraction of sp³-hybridized carbons (Fsp3) is 0.400. The molecule has 0 aromatic heterocycles. The first-order chi connectivity index (χ1) is 12.8. The number of halogens is 1. The standard InChI is InChI=1S/C20H25ClN2O3S/c1-4-26-19-14-20(16(3)12-15(19)2)27(24,25)23-10-8-22(9-11-23)18-7-5-6-17(21)13-18/h5-7,12-14H,4,8-11H2,1-3H3. The van der Waals surface area contributed by atoms with Gasteiger partial charge in [-0.15, -0.1) is 0 Å². The number of hydrogen-bond donors (Lipinski definition) is 0. The number of benzene rings is 2. The zero-order valence-electron chi connectivity index (χ0n) is 15.9. The van der Waals surface area contributed by atoms with Gasteiger partial charge in [0.15, 0.2) is 0 Å². The number of piperazine rings is 1. The highest BCUT2D eigenvalue weighted by atomic mass is 35.5. The fourth-order valence-electron chi connectivity index (χ4n) is 3.40. The van der Waals surface area contributed by atoms with E-state index in [1.54, 1.807) is 10.4 Å². The molecular weight excluding hydrogens is 384 g/mol. The van der Waals surface area contributed by atoms with Crippen molar-refractivity contribution < 1.29 is 13.2 Å². The summed E-state index contributed by atoms with van der Waals surface area (Å²) >= 11 is 6.07. The second-order valence-corrected chi connectivity index (χ2v) is 9.03. The van der Waals surface area contributed by atoms with Crippen molar-refractivity contribution in [2.75, 3.05) is 37.7 Å². The van der Waals surface area contributed by atoms with Crippen LogP contribution in [0.15, 0.2) is 41.3 Å². The van der Waals surface area contributed by atoms with Crippen molar-refractivity contribution in [3.63, 3.8) is 0 Å². The molecule has 27 heavy (non-hydrogen) atoms. The van der Waals surface area contributed by atoms with E-state index in [1.165, 1.54) is 0 Å². The lowest BCUT2D eigenvalue weighted by molar-refractivity contribution is 0.336. The van der Waals surface area contributed by atoms with E-state index in [4.69, 9.17) is 16.3 Å². The zero-order valence-corrected chi connectivity index (χ0v) is 17.5. The van der Waals surface area contributed by atoms with Gasteiger partial charge in [-0.25, -0.2) is 8.42 Å². The minimum atomic E-state index is -3.56. The predicted molar refractivity (Wildman–Crippen MR) is 110 cm³/mol. The van der Waals surface area contributed by atoms with Gasteiger partial charge in [0.2, 0.25) is 10.0 Å². The van der Waals surface area contributed by atoms with Crippen LogP contribution in [0.25, 0.3) is 0 Å². The Balaban J connectivity index is 1.80. The summed E-state index contributed by atoms with van der Waals surface area (Å²) in [4.78, 5) is 2.48. The number of rotatable bonds is 5. The highest BCUT2D eigenvalue weighted by Crippen LogP contribution is 2.29. The summed E-state index contributed by atoms with van der Waals surface area (Å²) in [6.45, 7) is 8.28. The van der Waals surface area contributed by atoms with Crippen LogP contribution in [0.5, 0.6) is 5.75 Å². The van der Waals surface area contributed by atoms with Crippen LogP contribution in [0.4, 0.5) is 5.69 Å². The smallest absolute Gasteiger partial charge is 0.243 e. The van der Waals surface area contributed by atoms with Crippen LogP contribution in [0.3, 0.4) is 0 Å². The van der Waals surface area contributed by atoms with Gasteiger partial charge in [0, 0.05) is 43.0 Å². The van der Waals surface area contributed by atoms with Gasteiger partial charge >= 0.3 is 0 Å². The molecule has 0 atom stereocenters. The normalized spacial score (nSPS) is 15.8. The van der Waals surface area contributed by atoms with Crippen LogP contribution in [0.2, 0.25) is 5.02 Å². The maximum absolute atomic E-state index is 13.2. The van der Waals surface area contributed by atoms with Gasteiger partial charge < -0.3 is 9.64 Å². The van der Waals surface area contributed by atoms with Crippen molar-refractivity contribution in [3.05, 3.63) is 52.5 Å². The fourth-order valence-corrected chi connectivity index (χ4v) is 5.23. The molecule has 0 radical (unpaired) electrons. The van der Waals surface area contributed by atoms with E-state index < -0.39 is 10.0 Å². The Morgan fingerprint density at radius 3 is 2.37 bits per heavy atom. The average molecular weight is 409 g/mol. The maximum Gasteiger partial charge on any atom is 0.243 e. The number of ether oxygens (including phenoxy) is 1. The van der Waals surface area contributed by atoms with Crippen LogP contribution in [0, 0.1) is 13.8 Å². The molecule has 5 nitrogen and oxygen atoms in total. The molecule has 2 aromatic carbocycles. The van der Waals surface area contributed by atoms with E-state index in [-0.39, 0.29) is 0 Å². The third-order valence-electron chi connectivity index (χ3n) is 4.80. The first-order valence-corrected chi connectivity index (χ1v) is 10.9. The third kappa shape index (κ3) is 4.23. The largest absolute Gasteiger partial charge is 0.494 e. The summed E-state index contributed by atoms with van der Waals surface area (Å²) in [5.41, 5.74) is 2.71. The van der Waals surface area contributed by atoms with Gasteiger partial charge in [-0.1, -0.05) is 23.7 Å². The Kier molecular flexibility index (Phi) is 5.99. The molecule has 1 fully saturated rings. The Labute approximate surface area is 166 Å². The van der Waals surface area contributed by atoms with E-state index in [2.05, 4.69) is 4.90 Å². The molecule has 0 aliphatic carbocycles. The molecule has 0 saturated carbocycles. The summed E-state index contributed by atoms with van der Waals surface area (Å²) in [5.74, 6) is 0.624. The van der Waals surface area contributed by atoms with Crippen molar-refractivity contribution in [3.8, 4) is 5.75 Å². The lowest BCUT2D eigenvalue weighted by atomic mass is 10.1. The number of hydrogen-bond acceptors (Lipinski definition) is 4. The molecule has 3 rings (SSSR count). The van der Waals surface area contributed by atoms with E-state index in [1.807, 2.05) is 51.1 Å². The maximum atomic E-state index is 13.2. The highest BCUT2D eigenvalue weighted by molar-refractivity contribution is 7.89. The molecule has 1 aliphatic heterocycles. The van der Waals surface area contributed by atoms with Gasteiger partial charge in [0.25, 0.3) is 0 Å². The van der Waals surface area contributed by atoms with Crippen LogP contribution < -0.4 is 9.64 Å². The highest BCUT2D eigenvalue weighted by Gasteiger charge is 2.30. The van der Waals surface area contributed by atoms with E-state index in [0.717, 1.165) is 16.8 Å². The number of sulfonamides is 1. The Bertz CT molecular complexity index is 923. The zero-order chi connectivity index (χ0) is 19.6. The summed E-state index contributed by atoms with van der Waals surface area (Å²) in [5, 5.41) is 0.682. The first-order valence-electron chi connectivity index (χ1n) is 9.07. The molecule has 0 unspecified atom stereocenters. The predicted octanol–water partition coefficient (Wildman–Crippen LogP) is 3.87. The van der Waals surface area contributed by atoms with Gasteiger partial charge in [0.05, 0.1) is 11.5 Å². The van der Waals surface area contributed by atoms with Gasteiger partial charge in [-0.05, 0) is 50.1 Å². The minimum Gasteiger partial charge on any atom is -0.494 e. The van der Waals surface area contributed by atoms with Crippen molar-refractivity contribution in [1.29, 1.82) is 0 Å². The topological polar surface area (TPSA) is 49.9 Å². The molecule has 0 amide bonds. The SMILES string of the molecule is CCOc1cc(S(=O)(=O)N2CCN(c3cccc(Cl)c3)CC2)c(C)cc1C. The molecule has 0 bridgehead atoms. The molecule has 0 spiro atoms. The van der Waals surface area contributed by atoms with Crippen molar-refractivity contribution >= 4 is 27.3 Å². The van der Waals surface area contributed by atoms with Crippen LogP contribution >= 0.6 is 11.6 Å². The van der Waals surface area contributed by atoms with Crippen molar-refractivity contribution in [2.45, 2.75) is 25.7 Å². The molecule has 0 N–H and O–H groups in total. The molecule has 2 aromatic rings. The van der Waals surface area contributed by atoms with Crippen molar-refractivity contribution in [2.24, 2.45) is 0 Å². The molecule has 1 saturated heterocycles. The van der Waals surface area contributed by atoms with Crippen LogP contribution in [-0.4, -0.2) is 45.5 Å². The minimum absolute atomic E-state index is 0.327. The van der Waals surface area contributed by atoms with E-state index in [9.17, 15) is 8.42 Å². The Morgan fingerprint density at radius 1 is 1.04 bits per heavy atom. The first kappa shape index (κ1) is 20.0. The quantitative estimate of drug-likeness (QED) is 0.753. The Morgan fingerprint density at radius 2 is 1.74 bits per heavy atom. The summed E-state index contributed by atoms with van der Waals surface area (Å²) in [7, 11) is -3.56. The van der Waals surface area contributed by atoms with E-state index in [0.29, 0.717) is 48.5 Å². The Hall–Kier alpha value is -1.76. The molecular formula is C20H25ClN2O3S. The van der Waals surface area contributed by atoms with E-state index >= 15 is 0 Å². The lowest BCUT2D eigenvalue weighted by Crippen LogP contribution is -2.48. The van der Waals surface area contributed by atoms with Crippen LogP contribution in [0.1, 0.15) is 18.1 Å². The summed E-state index contributed by atoms with van der Waals surface area (Å²) < 4.78 is 33.6. The molecule has 1 aliphatic rings. The van der Waals surface area contributed by atoms with Gasteiger partial charge in [-0.3, -0.25) is 0 Å². The second-order valence-electron chi connectivity index (χ2n) is 6.69. The molecule has 7 heteroatoms.